The largest absolute Gasteiger partial charge is 0.314 e. The highest BCUT2D eigenvalue weighted by Crippen LogP contribution is 1.91. The van der Waals surface area contributed by atoms with Crippen LogP contribution in [-0.2, 0) is 6.54 Å². The third-order valence-corrected chi connectivity index (χ3v) is 2.57. The fraction of sp³-hybridized carbons (Fsp3) is 0.545. The van der Waals surface area contributed by atoms with Crippen LogP contribution in [0.3, 0.4) is 0 Å². The Morgan fingerprint density at radius 2 is 2.20 bits per heavy atom. The number of hydrogen-bond donors (Lipinski definition) is 0. The Bertz CT molecular complexity index is 337. The van der Waals surface area contributed by atoms with E-state index in [2.05, 4.69) is 11.8 Å². The molecular weight excluding hydrogens is 212 g/mol. The maximum atomic E-state index is 11.4. The maximum absolute atomic E-state index is 11.4. The van der Waals surface area contributed by atoms with E-state index in [0.717, 1.165) is 26.2 Å². The average molecular weight is 229 g/mol. The van der Waals surface area contributed by atoms with E-state index in [-0.39, 0.29) is 5.56 Å². The Balaban J connectivity index is 2.49. The van der Waals surface area contributed by atoms with Crippen molar-refractivity contribution in [3.05, 3.63) is 34.7 Å². The summed E-state index contributed by atoms with van der Waals surface area (Å²) < 4.78 is 1.72. The molecule has 1 aromatic heterocycles. The minimum absolute atomic E-state index is 0.0550. The molecule has 1 aromatic rings. The molecule has 3 nitrogen and oxygen atoms in total. The summed E-state index contributed by atoms with van der Waals surface area (Å²) in [5.41, 5.74) is 0.0550. The lowest BCUT2D eigenvalue weighted by atomic mass is 10.4. The fourth-order valence-corrected chi connectivity index (χ4v) is 1.68. The summed E-state index contributed by atoms with van der Waals surface area (Å²) in [5, 5.41) is 0. The highest BCUT2D eigenvalue weighted by molar-refractivity contribution is 6.18. The molecule has 84 valence electrons. The van der Waals surface area contributed by atoms with Gasteiger partial charge in [0.1, 0.15) is 0 Å². The van der Waals surface area contributed by atoms with E-state index >= 15 is 0 Å². The second-order valence-corrected chi connectivity index (χ2v) is 3.73. The molecule has 0 saturated heterocycles. The van der Waals surface area contributed by atoms with Gasteiger partial charge in [0.05, 0.1) is 0 Å². The number of pyridine rings is 1. The predicted molar refractivity (Wildman–Crippen MR) is 63.5 cm³/mol. The van der Waals surface area contributed by atoms with E-state index in [4.69, 9.17) is 11.6 Å². The van der Waals surface area contributed by atoms with Crippen LogP contribution in [0.1, 0.15) is 6.92 Å². The zero-order valence-corrected chi connectivity index (χ0v) is 9.78. The molecule has 0 bridgehead atoms. The van der Waals surface area contributed by atoms with Gasteiger partial charge in [-0.3, -0.25) is 4.79 Å². The molecule has 0 N–H and O–H groups in total. The number of aromatic nitrogens is 1. The van der Waals surface area contributed by atoms with E-state index in [0.29, 0.717) is 5.88 Å². The molecule has 0 aliphatic rings. The summed E-state index contributed by atoms with van der Waals surface area (Å²) in [6.07, 6.45) is 1.82. The summed E-state index contributed by atoms with van der Waals surface area (Å²) in [6.45, 7) is 5.53. The minimum atomic E-state index is 0.0550. The van der Waals surface area contributed by atoms with Crippen LogP contribution in [0.2, 0.25) is 0 Å². The van der Waals surface area contributed by atoms with Crippen molar-refractivity contribution < 1.29 is 0 Å². The molecule has 0 fully saturated rings. The average Bonchev–Trinajstić information content (AvgIpc) is 2.26. The second kappa shape index (κ2) is 6.64. The van der Waals surface area contributed by atoms with Crippen LogP contribution in [0.4, 0.5) is 0 Å². The Hall–Kier alpha value is -0.800. The van der Waals surface area contributed by atoms with Gasteiger partial charge in [0, 0.05) is 37.8 Å². The molecule has 0 radical (unpaired) electrons. The van der Waals surface area contributed by atoms with Gasteiger partial charge in [-0.25, -0.2) is 0 Å². The van der Waals surface area contributed by atoms with Crippen molar-refractivity contribution in [3.8, 4) is 0 Å². The second-order valence-electron chi connectivity index (χ2n) is 3.36. The first-order valence-electron chi connectivity index (χ1n) is 5.21. The van der Waals surface area contributed by atoms with E-state index in [1.165, 1.54) is 0 Å². The molecular formula is C11H17ClN2O. The van der Waals surface area contributed by atoms with Crippen molar-refractivity contribution in [1.82, 2.24) is 9.47 Å². The Kier molecular flexibility index (Phi) is 5.43. The number of likely N-dealkylation sites (N-methyl/N-ethyl adjacent to an activating group) is 1. The third-order valence-electron chi connectivity index (χ3n) is 2.40. The standard InChI is InChI=1S/C11H17ClN2O/c1-2-13(8-6-12)9-10-14-7-4-3-5-11(14)15/h3-5,7H,2,6,8-10H2,1H3. The van der Waals surface area contributed by atoms with Gasteiger partial charge in [-0.15, -0.1) is 11.6 Å². The van der Waals surface area contributed by atoms with Crippen molar-refractivity contribution in [3.63, 3.8) is 0 Å². The van der Waals surface area contributed by atoms with Crippen molar-refractivity contribution in [1.29, 1.82) is 0 Å². The third kappa shape index (κ3) is 4.06. The van der Waals surface area contributed by atoms with Crippen LogP contribution in [0, 0.1) is 0 Å². The summed E-state index contributed by atoms with van der Waals surface area (Å²) in [5.74, 6) is 0.636. The molecule has 0 atom stereocenters. The summed E-state index contributed by atoms with van der Waals surface area (Å²) in [4.78, 5) is 13.6. The molecule has 1 heterocycles. The molecule has 1 rings (SSSR count). The van der Waals surface area contributed by atoms with Gasteiger partial charge in [0.2, 0.25) is 0 Å². The van der Waals surface area contributed by atoms with Gasteiger partial charge in [-0.05, 0) is 12.6 Å². The highest BCUT2D eigenvalue weighted by atomic mass is 35.5. The molecule has 4 heteroatoms. The van der Waals surface area contributed by atoms with E-state index < -0.39 is 0 Å². The molecule has 0 amide bonds. The lowest BCUT2D eigenvalue weighted by Crippen LogP contribution is -2.31. The SMILES string of the molecule is CCN(CCCl)CCn1ccccc1=O. The number of nitrogens with zero attached hydrogens (tertiary/aromatic N) is 2. The quantitative estimate of drug-likeness (QED) is 0.688. The first kappa shape index (κ1) is 12.3. The molecule has 0 aromatic carbocycles. The molecule has 15 heavy (non-hydrogen) atoms. The van der Waals surface area contributed by atoms with Gasteiger partial charge in [0.25, 0.3) is 5.56 Å². The topological polar surface area (TPSA) is 25.2 Å². The predicted octanol–water partition coefficient (Wildman–Crippen LogP) is 1.41. The smallest absolute Gasteiger partial charge is 0.250 e. The van der Waals surface area contributed by atoms with Crippen LogP contribution in [0.5, 0.6) is 0 Å². The first-order chi connectivity index (χ1) is 7.27. The van der Waals surface area contributed by atoms with Gasteiger partial charge in [0.15, 0.2) is 0 Å². The van der Waals surface area contributed by atoms with Crippen LogP contribution >= 0.6 is 11.6 Å². The summed E-state index contributed by atoms with van der Waals surface area (Å²) in [7, 11) is 0. The van der Waals surface area contributed by atoms with E-state index in [1.54, 1.807) is 16.7 Å². The lowest BCUT2D eigenvalue weighted by Gasteiger charge is -2.19. The normalized spacial score (nSPS) is 10.9. The number of halogens is 1. The molecule has 0 spiro atoms. The number of hydrogen-bond acceptors (Lipinski definition) is 2. The first-order valence-corrected chi connectivity index (χ1v) is 5.75. The van der Waals surface area contributed by atoms with Crippen molar-refractivity contribution in [2.75, 3.05) is 25.5 Å². The van der Waals surface area contributed by atoms with Crippen LogP contribution in [-0.4, -0.2) is 35.0 Å². The number of alkyl halides is 1. The van der Waals surface area contributed by atoms with E-state index in [1.807, 2.05) is 12.3 Å². The summed E-state index contributed by atoms with van der Waals surface area (Å²) >= 11 is 5.68. The highest BCUT2D eigenvalue weighted by Gasteiger charge is 2.01. The van der Waals surface area contributed by atoms with Crippen LogP contribution in [0.15, 0.2) is 29.2 Å². The lowest BCUT2D eigenvalue weighted by molar-refractivity contribution is 0.290. The molecule has 0 aliphatic carbocycles. The van der Waals surface area contributed by atoms with Crippen molar-refractivity contribution in [2.45, 2.75) is 13.5 Å². The minimum Gasteiger partial charge on any atom is -0.314 e. The molecule has 0 saturated carbocycles. The van der Waals surface area contributed by atoms with Gasteiger partial charge < -0.3 is 9.47 Å². The van der Waals surface area contributed by atoms with Crippen molar-refractivity contribution >= 4 is 11.6 Å². The van der Waals surface area contributed by atoms with Crippen molar-refractivity contribution in [2.24, 2.45) is 0 Å². The Morgan fingerprint density at radius 1 is 1.40 bits per heavy atom. The van der Waals surface area contributed by atoms with Gasteiger partial charge in [-0.2, -0.15) is 0 Å². The molecule has 0 unspecified atom stereocenters. The van der Waals surface area contributed by atoms with Gasteiger partial charge in [-0.1, -0.05) is 13.0 Å². The van der Waals surface area contributed by atoms with E-state index in [9.17, 15) is 4.79 Å². The number of rotatable bonds is 6. The monoisotopic (exact) mass is 228 g/mol. The summed E-state index contributed by atoms with van der Waals surface area (Å²) in [6, 6.07) is 5.21. The Morgan fingerprint density at radius 3 is 2.80 bits per heavy atom. The zero-order chi connectivity index (χ0) is 11.1. The zero-order valence-electron chi connectivity index (χ0n) is 9.03. The fourth-order valence-electron chi connectivity index (χ4n) is 1.44. The molecule has 0 aliphatic heterocycles. The van der Waals surface area contributed by atoms with Gasteiger partial charge >= 0.3 is 0 Å². The van der Waals surface area contributed by atoms with Crippen LogP contribution < -0.4 is 5.56 Å². The maximum Gasteiger partial charge on any atom is 0.250 e. The van der Waals surface area contributed by atoms with Crippen LogP contribution in [0.25, 0.3) is 0 Å². The Labute approximate surface area is 95.3 Å².